The molecule has 0 saturated heterocycles. The molecule has 0 bridgehead atoms. The van der Waals surface area contributed by atoms with E-state index in [4.69, 9.17) is 16.3 Å². The Labute approximate surface area is 255 Å². The van der Waals surface area contributed by atoms with Gasteiger partial charge in [-0.3, -0.25) is 9.59 Å². The minimum Gasteiger partial charge on any atom is -0.433 e. The monoisotopic (exact) mass is 605 g/mol. The van der Waals surface area contributed by atoms with Crippen molar-refractivity contribution < 1.29 is 14.3 Å². The van der Waals surface area contributed by atoms with E-state index in [1.807, 2.05) is 85.1 Å². The highest BCUT2D eigenvalue weighted by Crippen LogP contribution is 2.50. The fourth-order valence-corrected chi connectivity index (χ4v) is 6.77. The molecule has 2 amide bonds. The summed E-state index contributed by atoms with van der Waals surface area (Å²) in [7, 11) is 0. The van der Waals surface area contributed by atoms with Crippen LogP contribution in [0, 0.1) is 0 Å². The number of benzene rings is 4. The molecular weight excluding hydrogens is 582 g/mol. The average Bonchev–Trinajstić information content (AvgIpc) is 3.75. The Bertz CT molecular complexity index is 2130. The van der Waals surface area contributed by atoms with Gasteiger partial charge in [0.2, 0.25) is 0 Å². The zero-order chi connectivity index (χ0) is 29.2. The van der Waals surface area contributed by atoms with E-state index in [0.717, 1.165) is 49.5 Å². The first-order valence-electron chi connectivity index (χ1n) is 13.8. The molecule has 4 heterocycles. The van der Waals surface area contributed by atoms with Gasteiger partial charge in [-0.1, -0.05) is 42.1 Å². The van der Waals surface area contributed by atoms with E-state index in [-0.39, 0.29) is 17.7 Å². The lowest BCUT2D eigenvalue weighted by atomic mass is 9.94. The number of anilines is 2. The minimum atomic E-state index is -0.237. The summed E-state index contributed by atoms with van der Waals surface area (Å²) in [5.41, 5.74) is 5.94. The van der Waals surface area contributed by atoms with E-state index in [0.29, 0.717) is 40.5 Å². The lowest BCUT2D eigenvalue weighted by Crippen LogP contribution is -2.30. The zero-order valence-electron chi connectivity index (χ0n) is 22.9. The van der Waals surface area contributed by atoms with Gasteiger partial charge in [-0.25, -0.2) is 4.99 Å². The molecule has 10 heteroatoms. The van der Waals surface area contributed by atoms with E-state index in [2.05, 4.69) is 20.3 Å². The number of halogens is 1. The Hall–Kier alpha value is -4.73. The van der Waals surface area contributed by atoms with E-state index in [9.17, 15) is 9.59 Å². The highest BCUT2D eigenvalue weighted by atomic mass is 35.5. The van der Waals surface area contributed by atoms with Gasteiger partial charge >= 0.3 is 0 Å². The van der Waals surface area contributed by atoms with Crippen LogP contribution in [0.4, 0.5) is 17.1 Å². The molecule has 2 aromatic heterocycles. The lowest BCUT2D eigenvalue weighted by molar-refractivity contribution is 0.0983. The number of amides is 2. The van der Waals surface area contributed by atoms with Crippen molar-refractivity contribution in [1.29, 1.82) is 0 Å². The molecule has 0 saturated carbocycles. The van der Waals surface area contributed by atoms with Crippen LogP contribution in [-0.4, -0.2) is 45.7 Å². The second-order valence-corrected chi connectivity index (χ2v) is 11.7. The fourth-order valence-electron chi connectivity index (χ4n) is 6.16. The van der Waals surface area contributed by atoms with Gasteiger partial charge in [0.05, 0.1) is 16.8 Å². The molecule has 0 unspecified atom stereocenters. The molecular formula is C33H24ClN5O3S. The number of aliphatic imine (C=N–C) groups is 1. The summed E-state index contributed by atoms with van der Waals surface area (Å²) < 4.78 is 6.12. The SMILES string of the molecule is CSC1=Nc2cccc3c4c(cc(c23)O1)N(C(=O)c1cc2cc(NC(=O)c3cc5ccccc5[nH]3)ccc2[nH]1)C[C@H]4CCl. The van der Waals surface area contributed by atoms with Crippen LogP contribution < -0.4 is 15.0 Å². The number of hydrogen-bond donors (Lipinski definition) is 3. The fraction of sp³-hybridized carbons (Fsp3) is 0.121. The van der Waals surface area contributed by atoms with Gasteiger partial charge < -0.3 is 24.9 Å². The molecule has 0 spiro atoms. The number of aromatic nitrogens is 2. The second-order valence-electron chi connectivity index (χ2n) is 10.7. The Morgan fingerprint density at radius 3 is 2.65 bits per heavy atom. The Morgan fingerprint density at radius 1 is 1.00 bits per heavy atom. The van der Waals surface area contributed by atoms with E-state index < -0.39 is 0 Å². The second kappa shape index (κ2) is 9.93. The number of carbonyl (C=O) groups is 2. The molecule has 43 heavy (non-hydrogen) atoms. The van der Waals surface area contributed by atoms with Crippen molar-refractivity contribution in [2.75, 3.05) is 28.9 Å². The van der Waals surface area contributed by atoms with Crippen LogP contribution >= 0.6 is 23.4 Å². The number of thioether (sulfide) groups is 1. The quantitative estimate of drug-likeness (QED) is 0.179. The van der Waals surface area contributed by atoms with Crippen LogP contribution in [0.1, 0.15) is 32.5 Å². The number of rotatable bonds is 4. The first-order chi connectivity index (χ1) is 21.0. The third-order valence-electron chi connectivity index (χ3n) is 8.12. The summed E-state index contributed by atoms with van der Waals surface area (Å²) in [5, 5.41) is 7.25. The normalized spacial score (nSPS) is 15.5. The molecule has 212 valence electrons. The van der Waals surface area contributed by atoms with Gasteiger partial charge in [0.25, 0.3) is 17.0 Å². The number of alkyl halides is 1. The lowest BCUT2D eigenvalue weighted by Gasteiger charge is -2.21. The molecule has 0 aliphatic carbocycles. The van der Waals surface area contributed by atoms with E-state index >= 15 is 0 Å². The predicted molar refractivity (Wildman–Crippen MR) is 175 cm³/mol. The molecule has 4 aromatic carbocycles. The van der Waals surface area contributed by atoms with Gasteiger partial charge in [0, 0.05) is 51.9 Å². The number of nitrogens with one attached hydrogen (secondary N) is 3. The number of fused-ring (bicyclic) bond motifs is 4. The number of H-pyrrole nitrogens is 2. The van der Waals surface area contributed by atoms with Crippen molar-refractivity contribution in [2.45, 2.75) is 5.92 Å². The molecule has 0 fully saturated rings. The molecule has 6 aromatic rings. The van der Waals surface area contributed by atoms with Crippen molar-refractivity contribution in [2.24, 2.45) is 4.99 Å². The van der Waals surface area contributed by atoms with Crippen molar-refractivity contribution in [3.8, 4) is 5.75 Å². The van der Waals surface area contributed by atoms with E-state index in [1.54, 1.807) is 4.90 Å². The summed E-state index contributed by atoms with van der Waals surface area (Å²) in [5.74, 6) is 0.628. The molecule has 3 N–H and O–H groups in total. The molecule has 0 radical (unpaired) electrons. The smallest absolute Gasteiger partial charge is 0.274 e. The molecule has 1 atom stereocenters. The summed E-state index contributed by atoms with van der Waals surface area (Å²) in [6, 6.07) is 24.9. The number of hydrogen-bond acceptors (Lipinski definition) is 5. The number of carbonyl (C=O) groups excluding carboxylic acids is 2. The molecule has 8 rings (SSSR count). The van der Waals surface area contributed by atoms with Gasteiger partial charge in [-0.05, 0) is 59.7 Å². The van der Waals surface area contributed by atoms with Crippen molar-refractivity contribution in [3.63, 3.8) is 0 Å². The van der Waals surface area contributed by atoms with Crippen LogP contribution in [0.2, 0.25) is 0 Å². The third-order valence-corrected chi connectivity index (χ3v) is 9.02. The van der Waals surface area contributed by atoms with Crippen LogP contribution in [0.3, 0.4) is 0 Å². The Morgan fingerprint density at radius 2 is 1.81 bits per heavy atom. The topological polar surface area (TPSA) is 103 Å². The number of nitrogens with zero attached hydrogens (tertiary/aromatic N) is 2. The van der Waals surface area contributed by atoms with Gasteiger partial charge in [-0.15, -0.1) is 11.6 Å². The minimum absolute atomic E-state index is 0.0355. The average molecular weight is 606 g/mol. The Kier molecular flexibility index (Phi) is 5.99. The first kappa shape index (κ1) is 25.9. The highest BCUT2D eigenvalue weighted by molar-refractivity contribution is 8.13. The van der Waals surface area contributed by atoms with Crippen LogP contribution in [0.15, 0.2) is 83.9 Å². The van der Waals surface area contributed by atoms with Crippen molar-refractivity contribution in [3.05, 3.63) is 95.8 Å². The predicted octanol–water partition coefficient (Wildman–Crippen LogP) is 7.78. The van der Waals surface area contributed by atoms with Crippen LogP contribution in [-0.2, 0) is 0 Å². The van der Waals surface area contributed by atoms with E-state index in [1.165, 1.54) is 11.8 Å². The maximum absolute atomic E-state index is 14.0. The number of aromatic amines is 2. The molecule has 2 aliphatic rings. The zero-order valence-corrected chi connectivity index (χ0v) is 24.5. The summed E-state index contributed by atoms with van der Waals surface area (Å²) >= 11 is 7.91. The number of ether oxygens (including phenoxy) is 1. The van der Waals surface area contributed by atoms with Crippen molar-refractivity contribution in [1.82, 2.24) is 9.97 Å². The Balaban J connectivity index is 1.12. The maximum atomic E-state index is 14.0. The first-order valence-corrected chi connectivity index (χ1v) is 15.6. The highest BCUT2D eigenvalue weighted by Gasteiger charge is 2.36. The summed E-state index contributed by atoms with van der Waals surface area (Å²) in [4.78, 5) is 39.8. The van der Waals surface area contributed by atoms with Gasteiger partial charge in [0.1, 0.15) is 17.1 Å². The molecule has 8 nitrogen and oxygen atoms in total. The summed E-state index contributed by atoms with van der Waals surface area (Å²) in [6.45, 7) is 0.456. The van der Waals surface area contributed by atoms with Gasteiger partial charge in [-0.2, -0.15) is 0 Å². The largest absolute Gasteiger partial charge is 0.433 e. The third kappa shape index (κ3) is 4.18. The maximum Gasteiger partial charge on any atom is 0.274 e. The molecule has 2 aliphatic heterocycles. The van der Waals surface area contributed by atoms with Crippen LogP contribution in [0.25, 0.3) is 32.6 Å². The summed E-state index contributed by atoms with van der Waals surface area (Å²) in [6.07, 6.45) is 1.92. The van der Waals surface area contributed by atoms with Crippen LogP contribution in [0.5, 0.6) is 5.75 Å². The standard InChI is InChI=1S/C33H24ClN5O3S/c1-43-33-38-24-8-4-6-21-29-19(15-34)16-39(27(29)14-28(42-33)30(21)24)32(41)26-13-18-11-20(9-10-23(18)37-26)35-31(40)25-12-17-5-2-3-7-22(17)36-25/h2-14,19,36-37H,15-16H2,1H3,(H,35,40)/t19-/m1/s1. The number of para-hydroxylation sites is 1. The van der Waals surface area contributed by atoms with Gasteiger partial charge in [0.15, 0.2) is 0 Å². The van der Waals surface area contributed by atoms with Crippen molar-refractivity contribution >= 4 is 90.0 Å².